The Balaban J connectivity index is 1.64. The molecular formula is C22H23F2N3O5S. The van der Waals surface area contributed by atoms with Crippen molar-refractivity contribution in [3.8, 4) is 5.75 Å². The first kappa shape index (κ1) is 23.2. The largest absolute Gasteiger partial charge is 0.433 e. The Hall–Kier alpha value is -2.92. The fourth-order valence-corrected chi connectivity index (χ4v) is 5.61. The number of ether oxygens (including phenoxy) is 2. The molecule has 2 aliphatic rings. The van der Waals surface area contributed by atoms with Crippen LogP contribution >= 0.6 is 0 Å². The molecular weight excluding hydrogens is 456 g/mol. The minimum Gasteiger partial charge on any atom is -0.433 e. The van der Waals surface area contributed by atoms with Gasteiger partial charge < -0.3 is 15.2 Å². The lowest BCUT2D eigenvalue weighted by Crippen LogP contribution is -2.57. The quantitative estimate of drug-likeness (QED) is 0.654. The smallest absolute Gasteiger partial charge is 0.387 e. The third-order valence-corrected chi connectivity index (χ3v) is 8.67. The molecule has 11 heteroatoms. The molecule has 1 spiro atoms. The van der Waals surface area contributed by atoms with Crippen LogP contribution in [-0.2, 0) is 33.1 Å². The molecule has 176 valence electrons. The van der Waals surface area contributed by atoms with Crippen molar-refractivity contribution in [3.63, 3.8) is 0 Å². The summed E-state index contributed by atoms with van der Waals surface area (Å²) in [5, 5.41) is 0. The van der Waals surface area contributed by atoms with Crippen molar-refractivity contribution in [2.75, 3.05) is 12.4 Å². The highest BCUT2D eigenvalue weighted by Crippen LogP contribution is 2.41. The molecule has 1 atom stereocenters. The monoisotopic (exact) mass is 479 g/mol. The van der Waals surface area contributed by atoms with E-state index in [9.17, 15) is 22.0 Å². The Kier molecular flexibility index (Phi) is 5.73. The molecule has 0 fully saturated rings. The second-order valence-corrected chi connectivity index (χ2v) is 11.2. The first-order chi connectivity index (χ1) is 15.4. The molecule has 0 unspecified atom stereocenters. The van der Waals surface area contributed by atoms with Gasteiger partial charge in [-0.05, 0) is 42.7 Å². The molecule has 4 rings (SSSR count). The summed E-state index contributed by atoms with van der Waals surface area (Å²) in [7, 11) is -3.63. The van der Waals surface area contributed by atoms with E-state index in [0.29, 0.717) is 11.1 Å². The standard InChI is InChI=1S/C22H23F2N3O5S/c1-21(2)19(25)27-22(12-33(21,29)30)11-31-10-14-4-3-13(7-16(14)22)8-18(28)17-6-5-15(9-26-17)32-20(23)24/h3-7,9,20H,8,10-12H2,1-2H3,(H2,25,27)/t22-/m0/s1. The number of Topliss-reactive ketones (excluding diaryl/α,β-unsaturated/α-hetero) is 1. The van der Waals surface area contributed by atoms with Gasteiger partial charge in [0.2, 0.25) is 0 Å². The van der Waals surface area contributed by atoms with Crippen LogP contribution in [0.15, 0.2) is 41.5 Å². The average Bonchev–Trinajstić information content (AvgIpc) is 2.73. The highest BCUT2D eigenvalue weighted by atomic mass is 32.2. The minimum atomic E-state index is -3.63. The number of nitrogens with zero attached hydrogens (tertiary/aromatic N) is 2. The Morgan fingerprint density at radius 3 is 2.67 bits per heavy atom. The summed E-state index contributed by atoms with van der Waals surface area (Å²) in [6.07, 6.45) is 1.04. The van der Waals surface area contributed by atoms with Gasteiger partial charge >= 0.3 is 6.61 Å². The van der Waals surface area contributed by atoms with Crippen LogP contribution in [0.1, 0.15) is 41.0 Å². The number of hydrogen-bond acceptors (Lipinski definition) is 8. The van der Waals surface area contributed by atoms with Gasteiger partial charge in [0.05, 0.1) is 25.2 Å². The van der Waals surface area contributed by atoms with Crippen molar-refractivity contribution in [2.45, 2.75) is 43.8 Å². The number of pyridine rings is 1. The van der Waals surface area contributed by atoms with E-state index in [1.165, 1.54) is 26.0 Å². The molecule has 33 heavy (non-hydrogen) atoms. The first-order valence-electron chi connectivity index (χ1n) is 10.2. The number of aliphatic imine (C=N–C) groups is 1. The van der Waals surface area contributed by atoms with E-state index in [0.717, 1.165) is 11.8 Å². The van der Waals surface area contributed by atoms with Crippen molar-refractivity contribution >= 4 is 21.5 Å². The predicted molar refractivity (Wildman–Crippen MR) is 116 cm³/mol. The van der Waals surface area contributed by atoms with E-state index in [4.69, 9.17) is 10.5 Å². The van der Waals surface area contributed by atoms with Gasteiger partial charge in [0.25, 0.3) is 0 Å². The maximum atomic E-state index is 13.0. The van der Waals surface area contributed by atoms with E-state index < -0.39 is 26.7 Å². The van der Waals surface area contributed by atoms with Crippen LogP contribution in [0.2, 0.25) is 0 Å². The molecule has 0 saturated carbocycles. The number of carbonyl (C=O) groups excluding carboxylic acids is 1. The van der Waals surface area contributed by atoms with E-state index in [1.54, 1.807) is 18.2 Å². The fraction of sp³-hybridized carbons (Fsp3) is 0.409. The molecule has 2 N–H and O–H groups in total. The number of aromatic nitrogens is 1. The first-order valence-corrected chi connectivity index (χ1v) is 11.8. The number of fused-ring (bicyclic) bond motifs is 2. The Morgan fingerprint density at radius 1 is 1.27 bits per heavy atom. The Morgan fingerprint density at radius 2 is 2.03 bits per heavy atom. The second kappa shape index (κ2) is 8.14. The van der Waals surface area contributed by atoms with Crippen LogP contribution in [0.3, 0.4) is 0 Å². The number of sulfone groups is 1. The van der Waals surface area contributed by atoms with Gasteiger partial charge in [-0.1, -0.05) is 18.2 Å². The van der Waals surface area contributed by atoms with E-state index in [2.05, 4.69) is 14.7 Å². The third kappa shape index (κ3) is 4.22. The van der Waals surface area contributed by atoms with Crippen LogP contribution < -0.4 is 10.5 Å². The van der Waals surface area contributed by atoms with Crippen molar-refractivity contribution in [1.82, 2.24) is 4.98 Å². The minimum absolute atomic E-state index is 0.0157. The van der Waals surface area contributed by atoms with Crippen LogP contribution in [0.5, 0.6) is 5.75 Å². The molecule has 0 radical (unpaired) electrons. The molecule has 1 aromatic heterocycles. The van der Waals surface area contributed by atoms with Crippen LogP contribution in [0.4, 0.5) is 8.78 Å². The van der Waals surface area contributed by atoms with E-state index in [-0.39, 0.29) is 48.4 Å². The average molecular weight is 480 g/mol. The summed E-state index contributed by atoms with van der Waals surface area (Å²) in [6.45, 7) is 0.417. The number of ketones is 1. The number of hydrogen-bond donors (Lipinski definition) is 1. The van der Waals surface area contributed by atoms with E-state index >= 15 is 0 Å². The number of amidine groups is 1. The van der Waals surface area contributed by atoms with Crippen LogP contribution in [0.25, 0.3) is 0 Å². The van der Waals surface area contributed by atoms with Gasteiger partial charge in [-0.15, -0.1) is 0 Å². The third-order valence-electron chi connectivity index (χ3n) is 6.04. The number of nitrogens with two attached hydrogens (primary N) is 1. The van der Waals surface area contributed by atoms with Crippen LogP contribution in [0, 0.1) is 0 Å². The molecule has 2 aliphatic heterocycles. The highest BCUT2D eigenvalue weighted by molar-refractivity contribution is 7.93. The van der Waals surface area contributed by atoms with Crippen LogP contribution in [-0.4, -0.2) is 48.7 Å². The Bertz CT molecular complexity index is 1230. The molecule has 1 aromatic carbocycles. The fourth-order valence-electron chi connectivity index (χ4n) is 3.96. The van der Waals surface area contributed by atoms with Gasteiger partial charge in [0.1, 0.15) is 27.6 Å². The normalized spacial score (nSPS) is 23.1. The lowest BCUT2D eigenvalue weighted by molar-refractivity contribution is -0.0500. The summed E-state index contributed by atoms with van der Waals surface area (Å²) >= 11 is 0. The van der Waals surface area contributed by atoms with Gasteiger partial charge in [-0.3, -0.25) is 9.79 Å². The zero-order valence-corrected chi connectivity index (χ0v) is 18.9. The predicted octanol–water partition coefficient (Wildman–Crippen LogP) is 2.40. The second-order valence-electron chi connectivity index (χ2n) is 8.64. The van der Waals surface area contributed by atoms with Crippen molar-refractivity contribution < 1.29 is 31.5 Å². The summed E-state index contributed by atoms with van der Waals surface area (Å²) in [4.78, 5) is 21.2. The number of alkyl halides is 2. The van der Waals surface area contributed by atoms with Gasteiger partial charge in [0.15, 0.2) is 15.6 Å². The van der Waals surface area contributed by atoms with Gasteiger partial charge in [-0.25, -0.2) is 13.4 Å². The number of carbonyl (C=O) groups is 1. The zero-order valence-electron chi connectivity index (χ0n) is 18.0. The lowest BCUT2D eigenvalue weighted by atomic mass is 9.85. The van der Waals surface area contributed by atoms with Crippen molar-refractivity contribution in [1.29, 1.82) is 0 Å². The molecule has 0 amide bonds. The SMILES string of the molecule is CC1(C)C(N)=N[C@@]2(COCc3ccc(CC(=O)c4ccc(OC(F)F)cn4)cc32)CS1(=O)=O. The maximum Gasteiger partial charge on any atom is 0.387 e. The molecule has 0 bridgehead atoms. The number of halogens is 2. The lowest BCUT2D eigenvalue weighted by Gasteiger charge is -2.42. The summed E-state index contributed by atoms with van der Waals surface area (Å²) < 4.78 is 59.2. The highest BCUT2D eigenvalue weighted by Gasteiger charge is 2.52. The molecule has 3 heterocycles. The number of benzene rings is 1. The zero-order chi connectivity index (χ0) is 24.0. The maximum absolute atomic E-state index is 13.0. The molecule has 8 nitrogen and oxygen atoms in total. The Labute approximate surface area is 189 Å². The molecule has 2 aromatic rings. The van der Waals surface area contributed by atoms with Gasteiger partial charge in [0, 0.05) is 6.42 Å². The summed E-state index contributed by atoms with van der Waals surface area (Å²) in [5.74, 6) is -0.721. The van der Waals surface area contributed by atoms with Crippen molar-refractivity contribution in [2.24, 2.45) is 10.7 Å². The van der Waals surface area contributed by atoms with Gasteiger partial charge in [-0.2, -0.15) is 8.78 Å². The number of rotatable bonds is 5. The summed E-state index contributed by atoms with van der Waals surface area (Å²) in [5.41, 5.74) is 7.06. The van der Waals surface area contributed by atoms with E-state index in [1.807, 2.05) is 0 Å². The molecule has 0 aliphatic carbocycles. The summed E-state index contributed by atoms with van der Waals surface area (Å²) in [6, 6.07) is 7.85. The van der Waals surface area contributed by atoms with Crippen molar-refractivity contribution in [3.05, 3.63) is 58.9 Å². The molecule has 0 saturated heterocycles. The topological polar surface area (TPSA) is 121 Å².